The van der Waals surface area contributed by atoms with Gasteiger partial charge in [-0.1, -0.05) is 158 Å². The van der Waals surface area contributed by atoms with E-state index >= 15 is 0 Å². The fourth-order valence-electron chi connectivity index (χ4n) is 9.10. The predicted octanol–water partition coefficient (Wildman–Crippen LogP) is 15.5. The molecule has 0 aliphatic carbocycles. The van der Waals surface area contributed by atoms with Crippen LogP contribution in [0.15, 0.2) is 229 Å². The van der Waals surface area contributed by atoms with Crippen molar-refractivity contribution in [1.82, 2.24) is 14.5 Å². The lowest BCUT2D eigenvalue weighted by Crippen LogP contribution is -1.97. The first-order valence-electron chi connectivity index (χ1n) is 21.0. The molecule has 0 amide bonds. The van der Waals surface area contributed by atoms with E-state index in [9.17, 15) is 0 Å². The van der Waals surface area contributed by atoms with Crippen LogP contribution in [0.4, 0.5) is 0 Å². The Kier molecular flexibility index (Phi) is 8.46. The monoisotopic (exact) mass is 791 g/mol. The zero-order chi connectivity index (χ0) is 41.0. The Balaban J connectivity index is 0.944. The van der Waals surface area contributed by atoms with Gasteiger partial charge in [0.05, 0.1) is 22.4 Å². The molecule has 3 aromatic heterocycles. The molecule has 290 valence electrons. The van der Waals surface area contributed by atoms with Crippen LogP contribution in [0.5, 0.6) is 0 Å². The Morgan fingerprint density at radius 2 is 0.790 bits per heavy atom. The second-order valence-electron chi connectivity index (χ2n) is 15.7. The van der Waals surface area contributed by atoms with Gasteiger partial charge in [0.15, 0.2) is 5.82 Å². The largest absolute Gasteiger partial charge is 0.456 e. The molecule has 12 rings (SSSR count). The van der Waals surface area contributed by atoms with Gasteiger partial charge < -0.3 is 8.98 Å². The summed E-state index contributed by atoms with van der Waals surface area (Å²) in [5.74, 6) is 0.694. The van der Waals surface area contributed by atoms with Crippen LogP contribution in [0.3, 0.4) is 0 Å². The van der Waals surface area contributed by atoms with Crippen molar-refractivity contribution in [2.45, 2.75) is 0 Å². The molecule has 0 fully saturated rings. The molecule has 0 bridgehead atoms. The number of rotatable bonds is 7. The van der Waals surface area contributed by atoms with Crippen LogP contribution >= 0.6 is 0 Å². The summed E-state index contributed by atoms with van der Waals surface area (Å²) in [6.45, 7) is 0. The molecule has 0 saturated heterocycles. The molecule has 62 heavy (non-hydrogen) atoms. The van der Waals surface area contributed by atoms with Crippen LogP contribution in [0.2, 0.25) is 0 Å². The van der Waals surface area contributed by atoms with Crippen molar-refractivity contribution in [3.05, 3.63) is 224 Å². The van der Waals surface area contributed by atoms with Gasteiger partial charge in [0.25, 0.3) is 0 Å². The highest BCUT2D eigenvalue weighted by atomic mass is 16.3. The molecule has 4 nitrogen and oxygen atoms in total. The Morgan fingerprint density at radius 1 is 0.306 bits per heavy atom. The normalized spacial score (nSPS) is 11.5. The molecule has 0 unspecified atom stereocenters. The van der Waals surface area contributed by atoms with Gasteiger partial charge in [-0.05, 0) is 100 Å². The minimum atomic E-state index is 0.694. The predicted molar refractivity (Wildman–Crippen MR) is 256 cm³/mol. The standard InChI is InChI=1S/C58H37N3O/c1-3-15-38(16-4-1)52-37-53(39-17-5-2-6-18-39)60-58(59-52)40-27-31-43(32-28-40)61-54-25-13-11-23-48(54)50-35-41(29-33-55(50)61)44-19-7-9-21-46(44)47-22-10-8-20-45(47)42-30-34-57-51(36-42)49-24-12-14-26-56(49)62-57/h1-37H. The van der Waals surface area contributed by atoms with Crippen LogP contribution in [0, 0.1) is 0 Å². The lowest BCUT2D eigenvalue weighted by atomic mass is 9.89. The van der Waals surface area contributed by atoms with E-state index in [2.05, 4.69) is 180 Å². The molecule has 0 aliphatic rings. The summed E-state index contributed by atoms with van der Waals surface area (Å²) in [5.41, 5.74) is 17.1. The molecule has 0 N–H and O–H groups in total. The molecule has 0 spiro atoms. The maximum atomic E-state index is 6.18. The van der Waals surface area contributed by atoms with E-state index in [-0.39, 0.29) is 0 Å². The number of fused-ring (bicyclic) bond motifs is 6. The third-order valence-corrected chi connectivity index (χ3v) is 12.1. The van der Waals surface area contributed by atoms with Gasteiger partial charge in [-0.25, -0.2) is 9.97 Å². The Labute approximate surface area is 358 Å². The second-order valence-corrected chi connectivity index (χ2v) is 15.7. The summed E-state index contributed by atoms with van der Waals surface area (Å²) >= 11 is 0. The number of aromatic nitrogens is 3. The minimum absolute atomic E-state index is 0.694. The molecule has 4 heteroatoms. The summed E-state index contributed by atoms with van der Waals surface area (Å²) in [5, 5.41) is 4.67. The molecule has 0 atom stereocenters. The van der Waals surface area contributed by atoms with E-state index in [4.69, 9.17) is 14.4 Å². The van der Waals surface area contributed by atoms with Gasteiger partial charge in [0.1, 0.15) is 11.2 Å². The summed E-state index contributed by atoms with van der Waals surface area (Å²) in [4.78, 5) is 10.2. The summed E-state index contributed by atoms with van der Waals surface area (Å²) in [6, 6.07) is 79.3. The molecule has 3 heterocycles. The van der Waals surface area contributed by atoms with E-state index in [1.807, 2.05) is 48.5 Å². The Hall–Kier alpha value is -8.34. The van der Waals surface area contributed by atoms with E-state index in [0.29, 0.717) is 5.82 Å². The molecule has 0 aliphatic heterocycles. The maximum Gasteiger partial charge on any atom is 0.160 e. The van der Waals surface area contributed by atoms with Crippen LogP contribution in [-0.2, 0) is 0 Å². The van der Waals surface area contributed by atoms with Crippen molar-refractivity contribution in [2.24, 2.45) is 0 Å². The van der Waals surface area contributed by atoms with Crippen molar-refractivity contribution in [3.63, 3.8) is 0 Å². The van der Waals surface area contributed by atoms with Crippen molar-refractivity contribution in [2.75, 3.05) is 0 Å². The number of furan rings is 1. The first kappa shape index (κ1) is 35.6. The van der Waals surface area contributed by atoms with E-state index < -0.39 is 0 Å². The van der Waals surface area contributed by atoms with Gasteiger partial charge in [0.2, 0.25) is 0 Å². The fraction of sp³-hybridized carbons (Fsp3) is 0. The molecule has 9 aromatic carbocycles. The zero-order valence-electron chi connectivity index (χ0n) is 33.6. The third kappa shape index (κ3) is 6.08. The molecule has 0 saturated carbocycles. The molecule has 0 radical (unpaired) electrons. The zero-order valence-corrected chi connectivity index (χ0v) is 33.6. The van der Waals surface area contributed by atoms with E-state index in [1.165, 1.54) is 38.6 Å². The van der Waals surface area contributed by atoms with Gasteiger partial charge >= 0.3 is 0 Å². The third-order valence-electron chi connectivity index (χ3n) is 12.1. The SMILES string of the molecule is c1ccc(-c2cc(-c3ccccc3)nc(-c3ccc(-n4c5ccccc5c5cc(-c6ccccc6-c6ccccc6-c6ccc7oc8ccccc8c7c6)ccc54)cc3)n2)cc1. The highest BCUT2D eigenvalue weighted by molar-refractivity contribution is 6.11. The first-order valence-corrected chi connectivity index (χ1v) is 21.0. The fourth-order valence-corrected chi connectivity index (χ4v) is 9.10. The average molecular weight is 792 g/mol. The van der Waals surface area contributed by atoms with Gasteiger partial charge in [-0.2, -0.15) is 0 Å². The van der Waals surface area contributed by atoms with Gasteiger partial charge in [-0.15, -0.1) is 0 Å². The van der Waals surface area contributed by atoms with Crippen LogP contribution in [0.25, 0.3) is 117 Å². The van der Waals surface area contributed by atoms with Crippen molar-refractivity contribution in [3.8, 4) is 73.0 Å². The lowest BCUT2D eigenvalue weighted by molar-refractivity contribution is 0.669. The lowest BCUT2D eigenvalue weighted by Gasteiger charge is -2.15. The van der Waals surface area contributed by atoms with Crippen LogP contribution in [-0.4, -0.2) is 14.5 Å². The van der Waals surface area contributed by atoms with E-state index in [1.54, 1.807) is 0 Å². The number of benzene rings is 9. The van der Waals surface area contributed by atoms with Crippen molar-refractivity contribution in [1.29, 1.82) is 0 Å². The number of hydrogen-bond donors (Lipinski definition) is 0. The first-order chi connectivity index (χ1) is 30.7. The number of nitrogens with zero attached hydrogens (tertiary/aromatic N) is 3. The topological polar surface area (TPSA) is 43.9 Å². The minimum Gasteiger partial charge on any atom is -0.456 e. The summed E-state index contributed by atoms with van der Waals surface area (Å²) in [7, 11) is 0. The number of hydrogen-bond acceptors (Lipinski definition) is 3. The molecule has 12 aromatic rings. The van der Waals surface area contributed by atoms with Crippen LogP contribution in [0.1, 0.15) is 0 Å². The van der Waals surface area contributed by atoms with E-state index in [0.717, 1.165) is 72.3 Å². The van der Waals surface area contributed by atoms with Crippen molar-refractivity contribution >= 4 is 43.7 Å². The molecular formula is C58H37N3O. The quantitative estimate of drug-likeness (QED) is 0.161. The van der Waals surface area contributed by atoms with Gasteiger partial charge in [0, 0.05) is 43.9 Å². The van der Waals surface area contributed by atoms with Crippen LogP contribution < -0.4 is 0 Å². The Morgan fingerprint density at radius 3 is 1.45 bits per heavy atom. The second kappa shape index (κ2) is 14.7. The smallest absolute Gasteiger partial charge is 0.160 e. The highest BCUT2D eigenvalue weighted by Crippen LogP contribution is 2.42. The maximum absolute atomic E-state index is 6.18. The van der Waals surface area contributed by atoms with Crippen molar-refractivity contribution < 1.29 is 4.42 Å². The number of para-hydroxylation sites is 2. The Bertz CT molecular complexity index is 3560. The highest BCUT2D eigenvalue weighted by Gasteiger charge is 2.18. The molecular weight excluding hydrogens is 755 g/mol. The summed E-state index contributed by atoms with van der Waals surface area (Å²) in [6.07, 6.45) is 0. The van der Waals surface area contributed by atoms with Gasteiger partial charge in [-0.3, -0.25) is 0 Å². The summed E-state index contributed by atoms with van der Waals surface area (Å²) < 4.78 is 8.55. The average Bonchev–Trinajstić information content (AvgIpc) is 3.89.